The topological polar surface area (TPSA) is 100 Å². The van der Waals surface area contributed by atoms with Crippen LogP contribution >= 0.6 is 0 Å². The van der Waals surface area contributed by atoms with Gasteiger partial charge in [0.2, 0.25) is 0 Å². The van der Waals surface area contributed by atoms with Crippen LogP contribution in [0.4, 0.5) is 0 Å². The van der Waals surface area contributed by atoms with Crippen LogP contribution in [-0.4, -0.2) is 35.2 Å². The monoisotopic (exact) mass is 408 g/mol. The van der Waals surface area contributed by atoms with Crippen molar-refractivity contribution in [3.63, 3.8) is 0 Å². The van der Waals surface area contributed by atoms with Gasteiger partial charge in [0.1, 0.15) is 5.65 Å². The molecular weight excluding hydrogens is 388 g/mol. The van der Waals surface area contributed by atoms with Crippen molar-refractivity contribution >= 4 is 37.7 Å². The molecule has 2 aromatic heterocycles. The Morgan fingerprint density at radius 1 is 1.14 bits per heavy atom. The summed E-state index contributed by atoms with van der Waals surface area (Å²) in [5.41, 5.74) is 4.47. The summed E-state index contributed by atoms with van der Waals surface area (Å²) >= 11 is 0. The van der Waals surface area contributed by atoms with Gasteiger partial charge in [-0.05, 0) is 60.4 Å². The molecule has 6 nitrogen and oxygen atoms in total. The smallest absolute Gasteiger partial charge is 0.336 e. The molecule has 0 aliphatic heterocycles. The van der Waals surface area contributed by atoms with Crippen molar-refractivity contribution < 1.29 is 18.3 Å². The minimum absolute atomic E-state index is 0.00372. The van der Waals surface area contributed by atoms with Crippen LogP contribution in [-0.2, 0) is 9.84 Å². The molecule has 29 heavy (non-hydrogen) atoms. The number of carbonyl (C=O) groups is 1. The SMILES string of the molecule is CCS(=O)(=O)c1cccc(-c2cc(C(=O)O)c(C)c3[nH]c4nccc(C)c4c23)c1. The van der Waals surface area contributed by atoms with E-state index in [1.807, 2.05) is 13.0 Å². The van der Waals surface area contributed by atoms with Gasteiger partial charge in [0.25, 0.3) is 0 Å². The Morgan fingerprint density at radius 2 is 1.90 bits per heavy atom. The Balaban J connectivity index is 2.17. The molecule has 0 radical (unpaired) electrons. The molecule has 2 heterocycles. The van der Waals surface area contributed by atoms with Gasteiger partial charge in [-0.2, -0.15) is 0 Å². The first-order valence-corrected chi connectivity index (χ1v) is 10.9. The molecule has 148 valence electrons. The summed E-state index contributed by atoms with van der Waals surface area (Å²) in [6.45, 7) is 5.33. The molecule has 2 N–H and O–H groups in total. The van der Waals surface area contributed by atoms with E-state index in [4.69, 9.17) is 0 Å². The van der Waals surface area contributed by atoms with Gasteiger partial charge in [0, 0.05) is 17.0 Å². The Bertz CT molecular complexity index is 1400. The number of aromatic carboxylic acids is 1. The van der Waals surface area contributed by atoms with E-state index in [2.05, 4.69) is 9.97 Å². The van der Waals surface area contributed by atoms with E-state index >= 15 is 0 Å². The summed E-state index contributed by atoms with van der Waals surface area (Å²) < 4.78 is 24.8. The number of sulfone groups is 1. The molecule has 7 heteroatoms. The first-order valence-electron chi connectivity index (χ1n) is 9.21. The maximum Gasteiger partial charge on any atom is 0.336 e. The van der Waals surface area contributed by atoms with E-state index in [0.29, 0.717) is 27.9 Å². The minimum atomic E-state index is -3.39. The number of carboxylic acids is 1. The highest BCUT2D eigenvalue weighted by Gasteiger charge is 2.21. The van der Waals surface area contributed by atoms with E-state index in [1.165, 1.54) is 0 Å². The summed E-state index contributed by atoms with van der Waals surface area (Å²) in [5.74, 6) is -1.04. The molecule has 0 saturated heterocycles. The molecule has 0 unspecified atom stereocenters. The maximum atomic E-state index is 12.4. The van der Waals surface area contributed by atoms with Gasteiger partial charge in [-0.3, -0.25) is 0 Å². The largest absolute Gasteiger partial charge is 0.478 e. The molecule has 0 aliphatic rings. The minimum Gasteiger partial charge on any atom is -0.478 e. The van der Waals surface area contributed by atoms with Crippen molar-refractivity contribution in [3.05, 3.63) is 59.3 Å². The van der Waals surface area contributed by atoms with Crippen molar-refractivity contribution in [2.45, 2.75) is 25.7 Å². The normalized spacial score (nSPS) is 12.0. The van der Waals surface area contributed by atoms with Crippen LogP contribution in [0.3, 0.4) is 0 Å². The molecule has 0 aliphatic carbocycles. The molecule has 0 atom stereocenters. The third-order valence-electron chi connectivity index (χ3n) is 5.35. The predicted molar refractivity (Wildman–Crippen MR) is 113 cm³/mol. The van der Waals surface area contributed by atoms with E-state index in [-0.39, 0.29) is 16.2 Å². The summed E-state index contributed by atoms with van der Waals surface area (Å²) in [4.78, 5) is 19.8. The summed E-state index contributed by atoms with van der Waals surface area (Å²) in [7, 11) is -3.39. The van der Waals surface area contributed by atoms with Gasteiger partial charge in [-0.25, -0.2) is 18.2 Å². The van der Waals surface area contributed by atoms with Crippen LogP contribution in [0.5, 0.6) is 0 Å². The first-order chi connectivity index (χ1) is 13.7. The zero-order chi connectivity index (χ0) is 20.9. The molecule has 0 saturated carbocycles. The molecule has 0 bridgehead atoms. The van der Waals surface area contributed by atoms with Gasteiger partial charge in [-0.15, -0.1) is 0 Å². The Kier molecular flexibility index (Phi) is 4.42. The number of fused-ring (bicyclic) bond motifs is 3. The van der Waals surface area contributed by atoms with Gasteiger partial charge < -0.3 is 10.1 Å². The highest BCUT2D eigenvalue weighted by molar-refractivity contribution is 7.91. The number of aromatic nitrogens is 2. The first kappa shape index (κ1) is 19.1. The lowest BCUT2D eigenvalue weighted by atomic mass is 9.93. The number of pyridine rings is 1. The summed E-state index contributed by atoms with van der Waals surface area (Å²) in [6.07, 6.45) is 1.70. The second-order valence-electron chi connectivity index (χ2n) is 7.06. The molecule has 0 spiro atoms. The van der Waals surface area contributed by atoms with Crippen LogP contribution in [0, 0.1) is 13.8 Å². The zero-order valence-electron chi connectivity index (χ0n) is 16.3. The van der Waals surface area contributed by atoms with Crippen LogP contribution in [0.25, 0.3) is 33.1 Å². The number of carboxylic acid groups (broad SMARTS) is 1. The highest BCUT2D eigenvalue weighted by atomic mass is 32.2. The molecule has 0 amide bonds. The standard InChI is InChI=1S/C22H20N2O4S/c1-4-29(27,28)15-7-5-6-14(10-15)17-11-16(22(25)26)13(3)20-19(17)18-12(2)8-9-23-21(18)24-20/h5-11H,4H2,1-3H3,(H,23,24)(H,25,26). The number of nitrogens with zero attached hydrogens (tertiary/aromatic N) is 1. The van der Waals surface area contributed by atoms with E-state index in [0.717, 1.165) is 16.3 Å². The van der Waals surface area contributed by atoms with Crippen LogP contribution in [0.1, 0.15) is 28.4 Å². The predicted octanol–water partition coefficient (Wildman–Crippen LogP) is 4.49. The van der Waals surface area contributed by atoms with Gasteiger partial charge in [0.15, 0.2) is 9.84 Å². The van der Waals surface area contributed by atoms with Crippen LogP contribution < -0.4 is 0 Å². The number of benzene rings is 2. The number of aryl methyl sites for hydroxylation is 2. The number of nitrogens with one attached hydrogen (secondary N) is 1. The van der Waals surface area contributed by atoms with Crippen molar-refractivity contribution in [1.82, 2.24) is 9.97 Å². The van der Waals surface area contributed by atoms with E-state index < -0.39 is 15.8 Å². The number of hydrogen-bond donors (Lipinski definition) is 2. The molecular formula is C22H20N2O4S. The van der Waals surface area contributed by atoms with Crippen molar-refractivity contribution in [3.8, 4) is 11.1 Å². The summed E-state index contributed by atoms with van der Waals surface area (Å²) in [5, 5.41) is 11.5. The third-order valence-corrected chi connectivity index (χ3v) is 7.09. The second-order valence-corrected chi connectivity index (χ2v) is 9.34. The maximum absolute atomic E-state index is 12.4. The van der Waals surface area contributed by atoms with Crippen molar-refractivity contribution in [2.24, 2.45) is 0 Å². The molecule has 4 aromatic rings. The highest BCUT2D eigenvalue weighted by Crippen LogP contribution is 2.39. The molecule has 2 aromatic carbocycles. The molecule has 4 rings (SSSR count). The second kappa shape index (κ2) is 6.70. The van der Waals surface area contributed by atoms with Gasteiger partial charge in [-0.1, -0.05) is 19.1 Å². The average molecular weight is 408 g/mol. The number of H-pyrrole nitrogens is 1. The number of rotatable bonds is 4. The van der Waals surface area contributed by atoms with E-state index in [9.17, 15) is 18.3 Å². The number of hydrogen-bond acceptors (Lipinski definition) is 4. The lowest BCUT2D eigenvalue weighted by molar-refractivity contribution is 0.0696. The quantitative estimate of drug-likeness (QED) is 0.518. The van der Waals surface area contributed by atoms with Crippen molar-refractivity contribution in [1.29, 1.82) is 0 Å². The lowest BCUT2D eigenvalue weighted by Gasteiger charge is -2.12. The van der Waals surface area contributed by atoms with Crippen LogP contribution in [0.2, 0.25) is 0 Å². The van der Waals surface area contributed by atoms with E-state index in [1.54, 1.807) is 50.4 Å². The zero-order valence-corrected chi connectivity index (χ0v) is 17.1. The summed E-state index contributed by atoms with van der Waals surface area (Å²) in [6, 6.07) is 10.2. The average Bonchev–Trinajstić information content (AvgIpc) is 3.10. The Hall–Kier alpha value is -3.19. The third kappa shape index (κ3) is 2.98. The fourth-order valence-corrected chi connectivity index (χ4v) is 4.68. The van der Waals surface area contributed by atoms with Crippen molar-refractivity contribution in [2.75, 3.05) is 5.75 Å². The Labute approximate surface area is 168 Å². The molecule has 0 fully saturated rings. The lowest BCUT2D eigenvalue weighted by Crippen LogP contribution is -2.04. The fraction of sp³-hybridized carbons (Fsp3) is 0.182. The van der Waals surface area contributed by atoms with Gasteiger partial charge >= 0.3 is 5.97 Å². The fourth-order valence-electron chi connectivity index (χ4n) is 3.76. The van der Waals surface area contributed by atoms with Crippen LogP contribution in [0.15, 0.2) is 47.5 Å². The Morgan fingerprint density at radius 3 is 2.59 bits per heavy atom. The van der Waals surface area contributed by atoms with Gasteiger partial charge in [0.05, 0.1) is 21.7 Å². The number of aromatic amines is 1.